The highest BCUT2D eigenvalue weighted by Gasteiger charge is 2.22. The zero-order valence-electron chi connectivity index (χ0n) is 17.4. The molecule has 4 rings (SSSR count). The summed E-state index contributed by atoms with van der Waals surface area (Å²) in [6.07, 6.45) is 0. The van der Waals surface area contributed by atoms with Crippen LogP contribution in [0.2, 0.25) is 0 Å². The fourth-order valence-electron chi connectivity index (χ4n) is 3.65. The number of carbonyl (C=O) groups is 2. The van der Waals surface area contributed by atoms with E-state index in [2.05, 4.69) is 16.3 Å². The number of rotatable bonds is 6. The Morgan fingerprint density at radius 1 is 1.00 bits per heavy atom. The van der Waals surface area contributed by atoms with Crippen molar-refractivity contribution in [2.24, 2.45) is 0 Å². The van der Waals surface area contributed by atoms with Gasteiger partial charge < -0.3 is 15.0 Å². The van der Waals surface area contributed by atoms with Crippen LogP contribution in [0.25, 0.3) is 0 Å². The highest BCUT2D eigenvalue weighted by molar-refractivity contribution is 7.12. The van der Waals surface area contributed by atoms with Crippen molar-refractivity contribution >= 4 is 28.8 Å². The maximum atomic E-state index is 12.8. The Bertz CT molecular complexity index is 1040. The Morgan fingerprint density at radius 3 is 2.55 bits per heavy atom. The molecule has 0 bridgehead atoms. The molecule has 7 heteroatoms. The second-order valence-electron chi connectivity index (χ2n) is 7.43. The Hall–Kier alpha value is -3.16. The summed E-state index contributed by atoms with van der Waals surface area (Å²) in [5, 5.41) is 4.85. The van der Waals surface area contributed by atoms with Gasteiger partial charge in [-0.15, -0.1) is 11.3 Å². The Labute approximate surface area is 186 Å². The van der Waals surface area contributed by atoms with E-state index in [1.165, 1.54) is 11.3 Å². The molecule has 1 fully saturated rings. The molecule has 1 saturated heterocycles. The minimum absolute atomic E-state index is 0.0387. The first-order valence-corrected chi connectivity index (χ1v) is 11.1. The van der Waals surface area contributed by atoms with Crippen molar-refractivity contribution in [2.75, 3.05) is 38.6 Å². The summed E-state index contributed by atoms with van der Waals surface area (Å²) < 4.78 is 5.23. The molecule has 6 nitrogen and oxygen atoms in total. The smallest absolute Gasteiger partial charge is 0.265 e. The summed E-state index contributed by atoms with van der Waals surface area (Å²) in [5.74, 6) is 0.643. The molecule has 1 N–H and O–H groups in total. The molecule has 1 aliphatic rings. The van der Waals surface area contributed by atoms with Crippen molar-refractivity contribution in [1.82, 2.24) is 9.80 Å². The minimum Gasteiger partial charge on any atom is -0.497 e. The molecule has 3 aromatic rings. The van der Waals surface area contributed by atoms with E-state index in [0.29, 0.717) is 29.3 Å². The fraction of sp³-hybridized carbons (Fsp3) is 0.250. The number of carbonyl (C=O) groups excluding carboxylic acids is 2. The third-order valence-electron chi connectivity index (χ3n) is 5.31. The van der Waals surface area contributed by atoms with Crippen LogP contribution in [0.1, 0.15) is 25.6 Å². The number of nitrogens with one attached hydrogen (secondary N) is 1. The molecule has 2 aromatic carbocycles. The van der Waals surface area contributed by atoms with Gasteiger partial charge in [0.25, 0.3) is 11.8 Å². The quantitative estimate of drug-likeness (QED) is 0.637. The van der Waals surface area contributed by atoms with Crippen LogP contribution in [0.4, 0.5) is 5.69 Å². The number of thiophene rings is 1. The van der Waals surface area contributed by atoms with E-state index < -0.39 is 0 Å². The molecule has 0 radical (unpaired) electrons. The fourth-order valence-corrected chi connectivity index (χ4v) is 4.27. The summed E-state index contributed by atoms with van der Waals surface area (Å²) >= 11 is 1.43. The van der Waals surface area contributed by atoms with Crippen LogP contribution in [-0.4, -0.2) is 54.9 Å². The van der Waals surface area contributed by atoms with Gasteiger partial charge in [-0.2, -0.15) is 0 Å². The number of nitrogens with zero attached hydrogens (tertiary/aromatic N) is 2. The lowest BCUT2D eigenvalue weighted by atomic mass is 10.1. The average molecular weight is 436 g/mol. The van der Waals surface area contributed by atoms with Crippen LogP contribution in [-0.2, 0) is 6.54 Å². The lowest BCUT2D eigenvalue weighted by Gasteiger charge is -2.35. The summed E-state index contributed by atoms with van der Waals surface area (Å²) in [7, 11) is 1.60. The average Bonchev–Trinajstić information content (AvgIpc) is 3.35. The second-order valence-corrected chi connectivity index (χ2v) is 8.38. The molecule has 0 atom stereocenters. The summed E-state index contributed by atoms with van der Waals surface area (Å²) in [6.45, 7) is 3.77. The second kappa shape index (κ2) is 9.76. The maximum Gasteiger partial charge on any atom is 0.265 e. The monoisotopic (exact) mass is 435 g/mol. The number of anilines is 1. The summed E-state index contributed by atoms with van der Waals surface area (Å²) in [6, 6.07) is 18.9. The van der Waals surface area contributed by atoms with Crippen LogP contribution in [0.3, 0.4) is 0 Å². The first kappa shape index (κ1) is 21.1. The summed E-state index contributed by atoms with van der Waals surface area (Å²) in [4.78, 5) is 30.0. The first-order chi connectivity index (χ1) is 15.1. The van der Waals surface area contributed by atoms with E-state index in [-0.39, 0.29) is 11.8 Å². The number of piperazine rings is 1. The summed E-state index contributed by atoms with van der Waals surface area (Å²) in [5.41, 5.74) is 2.58. The zero-order chi connectivity index (χ0) is 21.6. The van der Waals surface area contributed by atoms with Crippen LogP contribution >= 0.6 is 11.3 Å². The molecular formula is C24H25N3O3S. The van der Waals surface area contributed by atoms with Crippen LogP contribution in [0.5, 0.6) is 5.75 Å². The molecule has 2 heterocycles. The predicted octanol–water partition coefficient (Wildman–Crippen LogP) is 3.97. The number of amides is 2. The molecule has 160 valence electrons. The molecular weight excluding hydrogens is 410 g/mol. The van der Waals surface area contributed by atoms with Crippen molar-refractivity contribution in [3.8, 4) is 5.75 Å². The van der Waals surface area contributed by atoms with E-state index >= 15 is 0 Å². The van der Waals surface area contributed by atoms with Gasteiger partial charge in [0.05, 0.1) is 12.0 Å². The Morgan fingerprint density at radius 2 is 1.81 bits per heavy atom. The number of ether oxygens (including phenoxy) is 1. The number of methoxy groups -OCH3 is 1. The molecule has 2 amide bonds. The zero-order valence-corrected chi connectivity index (χ0v) is 18.2. The third kappa shape index (κ3) is 5.31. The lowest BCUT2D eigenvalue weighted by Crippen LogP contribution is -2.48. The van der Waals surface area contributed by atoms with Crippen LogP contribution in [0, 0.1) is 0 Å². The highest BCUT2D eigenvalue weighted by atomic mass is 32.1. The lowest BCUT2D eigenvalue weighted by molar-refractivity contribution is 0.0628. The van der Waals surface area contributed by atoms with Crippen molar-refractivity contribution < 1.29 is 14.3 Å². The molecule has 0 spiro atoms. The standard InChI is InChI=1S/C24H25N3O3S/c1-30-21-8-3-6-19(16-21)24(29)27-12-10-26(11-13-27)17-18-5-2-7-20(15-18)25-23(28)22-9-4-14-31-22/h2-9,14-16H,10-13,17H2,1H3,(H,25,28). The molecule has 1 aliphatic heterocycles. The van der Waals surface area contributed by atoms with Crippen LogP contribution in [0.15, 0.2) is 66.0 Å². The van der Waals surface area contributed by atoms with E-state index in [1.54, 1.807) is 13.2 Å². The third-order valence-corrected chi connectivity index (χ3v) is 6.18. The number of hydrogen-bond acceptors (Lipinski definition) is 5. The minimum atomic E-state index is -0.0863. The molecule has 1 aromatic heterocycles. The van der Waals surface area contributed by atoms with E-state index in [9.17, 15) is 9.59 Å². The Kier molecular flexibility index (Phi) is 6.64. The topological polar surface area (TPSA) is 61.9 Å². The molecule has 31 heavy (non-hydrogen) atoms. The van der Waals surface area contributed by atoms with Crippen molar-refractivity contribution in [2.45, 2.75) is 6.54 Å². The number of hydrogen-bond donors (Lipinski definition) is 1. The molecule has 0 unspecified atom stereocenters. The maximum absolute atomic E-state index is 12.8. The van der Waals surface area contributed by atoms with Gasteiger partial charge in [-0.25, -0.2) is 0 Å². The van der Waals surface area contributed by atoms with E-state index in [1.807, 2.05) is 58.8 Å². The van der Waals surface area contributed by atoms with E-state index in [0.717, 1.165) is 30.9 Å². The van der Waals surface area contributed by atoms with Gasteiger partial charge in [-0.1, -0.05) is 24.3 Å². The first-order valence-electron chi connectivity index (χ1n) is 10.2. The van der Waals surface area contributed by atoms with Gasteiger partial charge in [0.2, 0.25) is 0 Å². The van der Waals surface area contributed by atoms with Crippen LogP contribution < -0.4 is 10.1 Å². The van der Waals surface area contributed by atoms with Gasteiger partial charge in [-0.3, -0.25) is 14.5 Å². The highest BCUT2D eigenvalue weighted by Crippen LogP contribution is 2.18. The molecule has 0 aliphatic carbocycles. The van der Waals surface area contributed by atoms with Crippen molar-refractivity contribution in [3.63, 3.8) is 0 Å². The number of benzene rings is 2. The van der Waals surface area contributed by atoms with Gasteiger partial charge in [0, 0.05) is 44.0 Å². The van der Waals surface area contributed by atoms with Gasteiger partial charge in [-0.05, 0) is 47.3 Å². The SMILES string of the molecule is COc1cccc(C(=O)N2CCN(Cc3cccc(NC(=O)c4cccs4)c3)CC2)c1. The van der Waals surface area contributed by atoms with E-state index in [4.69, 9.17) is 4.74 Å². The largest absolute Gasteiger partial charge is 0.497 e. The predicted molar refractivity (Wildman–Crippen MR) is 123 cm³/mol. The van der Waals surface area contributed by atoms with Gasteiger partial charge in [0.15, 0.2) is 0 Å². The van der Waals surface area contributed by atoms with Gasteiger partial charge in [0.1, 0.15) is 5.75 Å². The normalized spacial score (nSPS) is 14.3. The van der Waals surface area contributed by atoms with Crippen molar-refractivity contribution in [1.29, 1.82) is 0 Å². The Balaban J connectivity index is 1.31. The van der Waals surface area contributed by atoms with Crippen molar-refractivity contribution in [3.05, 3.63) is 82.0 Å². The van der Waals surface area contributed by atoms with Gasteiger partial charge >= 0.3 is 0 Å². The molecule has 0 saturated carbocycles.